The molecule has 3 atom stereocenters. The van der Waals surface area contributed by atoms with Crippen LogP contribution in [-0.4, -0.2) is 42.3 Å². The fraction of sp³-hybridized carbons (Fsp3) is 0.312. The van der Waals surface area contributed by atoms with Crippen molar-refractivity contribution in [1.82, 2.24) is 5.32 Å². The maximum atomic E-state index is 14.0. The molecular weight excluding hydrogens is 545 g/mol. The fourth-order valence-corrected chi connectivity index (χ4v) is 5.36. The molecule has 1 heterocycles. The van der Waals surface area contributed by atoms with Gasteiger partial charge in [0.1, 0.15) is 0 Å². The minimum absolute atomic E-state index is 0.300. The molecular formula is C32H31F3N4O3. The van der Waals surface area contributed by atoms with Gasteiger partial charge in [-0.25, -0.2) is 4.99 Å². The number of fused-ring (bicyclic) bond motifs is 1. The van der Waals surface area contributed by atoms with Crippen LogP contribution in [0.5, 0.6) is 0 Å². The van der Waals surface area contributed by atoms with Crippen molar-refractivity contribution in [1.29, 1.82) is 0 Å². The molecule has 1 aliphatic heterocycles. The number of amides is 3. The van der Waals surface area contributed by atoms with Gasteiger partial charge in [-0.1, -0.05) is 78.9 Å². The van der Waals surface area contributed by atoms with Crippen LogP contribution in [0.1, 0.15) is 48.3 Å². The Bertz CT molecular complexity index is 1470. The molecule has 218 valence electrons. The van der Waals surface area contributed by atoms with Crippen LogP contribution in [0.2, 0.25) is 0 Å². The third-order valence-electron chi connectivity index (χ3n) is 7.62. The molecule has 0 saturated heterocycles. The molecule has 1 saturated carbocycles. The summed E-state index contributed by atoms with van der Waals surface area (Å²) in [5.74, 6) is -4.87. The third-order valence-corrected chi connectivity index (χ3v) is 7.62. The molecule has 2 unspecified atom stereocenters. The monoisotopic (exact) mass is 576 g/mol. The molecule has 3 aromatic carbocycles. The largest absolute Gasteiger partial charge is 0.389 e. The van der Waals surface area contributed by atoms with E-state index in [1.54, 1.807) is 35.2 Å². The zero-order valence-electron chi connectivity index (χ0n) is 22.8. The first-order chi connectivity index (χ1) is 20.1. The molecule has 0 bridgehead atoms. The number of carbonyl (C=O) groups is 3. The summed E-state index contributed by atoms with van der Waals surface area (Å²) in [6.45, 7) is 0.422. The molecule has 7 nitrogen and oxygen atoms in total. The Morgan fingerprint density at radius 2 is 1.57 bits per heavy atom. The highest BCUT2D eigenvalue weighted by molar-refractivity contribution is 6.20. The molecule has 0 aromatic heterocycles. The van der Waals surface area contributed by atoms with Crippen LogP contribution < -0.4 is 16.0 Å². The lowest BCUT2D eigenvalue weighted by Crippen LogP contribution is -2.51. The van der Waals surface area contributed by atoms with Crippen molar-refractivity contribution in [2.24, 2.45) is 22.6 Å². The minimum atomic E-state index is -4.57. The molecule has 3 amide bonds. The number of benzodiazepines with no additional fused rings is 1. The number of nitrogens with zero attached hydrogens (tertiary/aromatic N) is 2. The Kier molecular flexibility index (Phi) is 8.42. The average Bonchev–Trinajstić information content (AvgIpc) is 3.81. The van der Waals surface area contributed by atoms with Crippen LogP contribution in [0.3, 0.4) is 0 Å². The Hall–Kier alpha value is -4.47. The molecule has 1 fully saturated rings. The number of aliphatic imine (C=N–C) groups is 1. The van der Waals surface area contributed by atoms with Gasteiger partial charge in [0.2, 0.25) is 18.0 Å². The summed E-state index contributed by atoms with van der Waals surface area (Å²) in [5, 5.41) is 2.62. The highest BCUT2D eigenvalue weighted by atomic mass is 19.4. The second-order valence-corrected chi connectivity index (χ2v) is 10.7. The number of carbonyl (C=O) groups excluding carboxylic acids is 3. The van der Waals surface area contributed by atoms with Crippen LogP contribution in [0, 0.1) is 11.8 Å². The van der Waals surface area contributed by atoms with Crippen molar-refractivity contribution in [2.75, 3.05) is 11.4 Å². The Balaban J connectivity index is 1.55. The number of anilines is 1. The minimum Gasteiger partial charge on any atom is -0.369 e. The van der Waals surface area contributed by atoms with Crippen molar-refractivity contribution in [3.8, 4) is 0 Å². The van der Waals surface area contributed by atoms with E-state index in [4.69, 9.17) is 10.7 Å². The van der Waals surface area contributed by atoms with Crippen molar-refractivity contribution in [3.63, 3.8) is 0 Å². The van der Waals surface area contributed by atoms with Crippen LogP contribution in [0.15, 0.2) is 89.9 Å². The summed E-state index contributed by atoms with van der Waals surface area (Å²) in [4.78, 5) is 46.8. The van der Waals surface area contributed by atoms with Gasteiger partial charge in [-0.3, -0.25) is 14.4 Å². The molecule has 10 heteroatoms. The van der Waals surface area contributed by atoms with E-state index in [1.807, 2.05) is 54.6 Å². The quantitative estimate of drug-likeness (QED) is 0.357. The van der Waals surface area contributed by atoms with E-state index >= 15 is 0 Å². The molecule has 0 radical (unpaired) electrons. The van der Waals surface area contributed by atoms with Crippen molar-refractivity contribution in [3.05, 3.63) is 102 Å². The van der Waals surface area contributed by atoms with E-state index in [-0.39, 0.29) is 0 Å². The van der Waals surface area contributed by atoms with Gasteiger partial charge in [0.25, 0.3) is 5.91 Å². The van der Waals surface area contributed by atoms with E-state index in [9.17, 15) is 27.6 Å². The summed E-state index contributed by atoms with van der Waals surface area (Å²) in [5.41, 5.74) is 8.49. The van der Waals surface area contributed by atoms with E-state index in [1.165, 1.54) is 0 Å². The summed E-state index contributed by atoms with van der Waals surface area (Å²) < 4.78 is 40.1. The second kappa shape index (κ2) is 12.2. The number of nitrogens with two attached hydrogens (primary N) is 1. The van der Waals surface area contributed by atoms with E-state index in [0.29, 0.717) is 40.6 Å². The number of alkyl halides is 3. The Labute approximate surface area is 241 Å². The number of hydrogen-bond donors (Lipinski definition) is 2. The lowest BCUT2D eigenvalue weighted by molar-refractivity contribution is -0.144. The molecule has 5 rings (SSSR count). The fourth-order valence-electron chi connectivity index (χ4n) is 5.36. The van der Waals surface area contributed by atoms with Gasteiger partial charge < -0.3 is 16.0 Å². The molecule has 0 spiro atoms. The first-order valence-electron chi connectivity index (χ1n) is 13.9. The van der Waals surface area contributed by atoms with Crippen LogP contribution in [-0.2, 0) is 14.4 Å². The zero-order chi connectivity index (χ0) is 29.9. The Morgan fingerprint density at radius 3 is 2.19 bits per heavy atom. The maximum Gasteiger partial charge on any atom is 0.389 e. The van der Waals surface area contributed by atoms with Crippen LogP contribution >= 0.6 is 0 Å². The zero-order valence-corrected chi connectivity index (χ0v) is 22.8. The molecule has 2 aliphatic rings. The number of rotatable bonds is 10. The van der Waals surface area contributed by atoms with E-state index in [0.717, 1.165) is 12.8 Å². The normalized spacial score (nSPS) is 18.4. The van der Waals surface area contributed by atoms with Gasteiger partial charge in [0.05, 0.1) is 23.2 Å². The van der Waals surface area contributed by atoms with Crippen LogP contribution in [0.25, 0.3) is 0 Å². The van der Waals surface area contributed by atoms with Crippen molar-refractivity contribution in [2.45, 2.75) is 43.9 Å². The SMILES string of the molecule is NC(=O)C(c1ccccc1)C(CCC(F)(F)F)C(=O)N[C@H]1N=C(c2ccccc2)c2ccccc2N(CC2CC2)C1=O. The van der Waals surface area contributed by atoms with Gasteiger partial charge >= 0.3 is 6.18 Å². The smallest absolute Gasteiger partial charge is 0.369 e. The number of primary amides is 1. The topological polar surface area (TPSA) is 105 Å². The first kappa shape index (κ1) is 29.0. The number of para-hydroxylation sites is 1. The highest BCUT2D eigenvalue weighted by Crippen LogP contribution is 2.36. The predicted octanol–water partition coefficient (Wildman–Crippen LogP) is 4.95. The van der Waals surface area contributed by atoms with Gasteiger partial charge in [0.15, 0.2) is 0 Å². The van der Waals surface area contributed by atoms with Gasteiger partial charge in [-0.05, 0) is 36.8 Å². The number of halogens is 3. The van der Waals surface area contributed by atoms with Crippen molar-refractivity contribution < 1.29 is 27.6 Å². The van der Waals surface area contributed by atoms with E-state index in [2.05, 4.69) is 5.32 Å². The number of nitrogens with one attached hydrogen (secondary N) is 1. The number of hydrogen-bond acceptors (Lipinski definition) is 4. The summed E-state index contributed by atoms with van der Waals surface area (Å²) in [6, 6.07) is 24.5. The van der Waals surface area contributed by atoms with Gasteiger partial charge in [-0.2, -0.15) is 13.2 Å². The summed E-state index contributed by atoms with van der Waals surface area (Å²) >= 11 is 0. The lowest BCUT2D eigenvalue weighted by atomic mass is 9.81. The lowest BCUT2D eigenvalue weighted by Gasteiger charge is -2.28. The van der Waals surface area contributed by atoms with E-state index < -0.39 is 54.7 Å². The average molecular weight is 577 g/mol. The maximum absolute atomic E-state index is 14.0. The Morgan fingerprint density at radius 1 is 0.952 bits per heavy atom. The van der Waals surface area contributed by atoms with Crippen molar-refractivity contribution >= 4 is 29.1 Å². The predicted molar refractivity (Wildman–Crippen MR) is 153 cm³/mol. The standard InChI is InChI=1S/C32H31F3N4O3/c33-32(34,35)18-17-24(26(28(36)40)21-9-3-1-4-10-21)30(41)38-29-31(42)39(19-20-15-16-20)25-14-8-7-13-23(25)27(37-29)22-11-5-2-6-12-22/h1-14,20,24,26,29H,15-19H2,(H2,36,40)(H,38,41)/t24?,26?,29-/m1/s1. The highest BCUT2D eigenvalue weighted by Gasteiger charge is 2.41. The van der Waals surface area contributed by atoms with Gasteiger partial charge in [-0.15, -0.1) is 0 Å². The first-order valence-corrected chi connectivity index (χ1v) is 13.9. The van der Waals surface area contributed by atoms with Crippen LogP contribution in [0.4, 0.5) is 18.9 Å². The molecule has 1 aliphatic carbocycles. The summed E-state index contributed by atoms with van der Waals surface area (Å²) in [6.07, 6.45) is -6.08. The third kappa shape index (κ3) is 6.70. The second-order valence-electron chi connectivity index (χ2n) is 10.7. The molecule has 3 aromatic rings. The molecule has 42 heavy (non-hydrogen) atoms. The summed E-state index contributed by atoms with van der Waals surface area (Å²) in [7, 11) is 0. The number of benzene rings is 3. The molecule has 3 N–H and O–H groups in total. The van der Waals surface area contributed by atoms with Gasteiger partial charge in [0, 0.05) is 24.1 Å².